The van der Waals surface area contributed by atoms with Gasteiger partial charge in [-0.15, -0.1) is 0 Å². The van der Waals surface area contributed by atoms with Crippen molar-refractivity contribution in [2.24, 2.45) is 5.92 Å². The van der Waals surface area contributed by atoms with Gasteiger partial charge >= 0.3 is 6.03 Å². The van der Waals surface area contributed by atoms with Crippen LogP contribution in [0.25, 0.3) is 0 Å². The van der Waals surface area contributed by atoms with E-state index in [0.717, 1.165) is 58.8 Å². The lowest BCUT2D eigenvalue weighted by Gasteiger charge is -2.37. The number of benzene rings is 1. The molecule has 2 aliphatic heterocycles. The van der Waals surface area contributed by atoms with Gasteiger partial charge in [0.25, 0.3) is 0 Å². The highest BCUT2D eigenvalue weighted by Crippen LogP contribution is 2.23. The van der Waals surface area contributed by atoms with Gasteiger partial charge in [-0.2, -0.15) is 0 Å². The molecule has 2 heterocycles. The maximum Gasteiger partial charge on any atom is 0.317 e. The van der Waals surface area contributed by atoms with E-state index in [1.165, 1.54) is 16.8 Å². The van der Waals surface area contributed by atoms with Crippen LogP contribution in [0.3, 0.4) is 0 Å². The summed E-state index contributed by atoms with van der Waals surface area (Å²) in [4.78, 5) is 16.7. The van der Waals surface area contributed by atoms with Gasteiger partial charge in [0.2, 0.25) is 0 Å². The third-order valence-corrected chi connectivity index (χ3v) is 5.37. The number of ether oxygens (including phenoxy) is 1. The van der Waals surface area contributed by atoms with Crippen molar-refractivity contribution in [1.82, 2.24) is 10.2 Å². The smallest absolute Gasteiger partial charge is 0.317 e. The van der Waals surface area contributed by atoms with E-state index >= 15 is 0 Å². The topological polar surface area (TPSA) is 44.8 Å². The summed E-state index contributed by atoms with van der Waals surface area (Å²) in [6.45, 7) is 10.1. The van der Waals surface area contributed by atoms with Gasteiger partial charge in [0.1, 0.15) is 0 Å². The normalized spacial score (nSPS) is 19.4. The molecule has 2 aliphatic rings. The zero-order chi connectivity index (χ0) is 16.9. The van der Waals surface area contributed by atoms with Crippen molar-refractivity contribution < 1.29 is 9.53 Å². The second-order valence-electron chi connectivity index (χ2n) is 6.93. The van der Waals surface area contributed by atoms with Crippen molar-refractivity contribution >= 4 is 11.7 Å². The molecule has 2 amide bonds. The molecule has 3 rings (SSSR count). The van der Waals surface area contributed by atoms with Crippen LogP contribution in [-0.4, -0.2) is 56.9 Å². The van der Waals surface area contributed by atoms with Crippen molar-refractivity contribution in [3.63, 3.8) is 0 Å². The fraction of sp³-hybridized carbons (Fsp3) is 0.632. The Morgan fingerprint density at radius 1 is 1.17 bits per heavy atom. The predicted molar refractivity (Wildman–Crippen MR) is 96.6 cm³/mol. The molecule has 5 heteroatoms. The van der Waals surface area contributed by atoms with Crippen LogP contribution in [0.5, 0.6) is 0 Å². The molecule has 0 spiro atoms. The Hall–Kier alpha value is -1.75. The number of carbonyl (C=O) groups excluding carboxylic acids is 1. The minimum absolute atomic E-state index is 0.0853. The minimum atomic E-state index is 0.0853. The highest BCUT2D eigenvalue weighted by atomic mass is 16.5. The number of piperazine rings is 1. The molecule has 0 saturated carbocycles. The Bertz CT molecular complexity index is 562. The third kappa shape index (κ3) is 4.01. The summed E-state index contributed by atoms with van der Waals surface area (Å²) >= 11 is 0. The lowest BCUT2D eigenvalue weighted by Crippen LogP contribution is -2.52. The maximum absolute atomic E-state index is 12.4. The Labute approximate surface area is 145 Å². The van der Waals surface area contributed by atoms with E-state index < -0.39 is 0 Å². The zero-order valence-electron chi connectivity index (χ0n) is 14.9. The SMILES string of the molecule is Cc1cccc(N2CCN(C(=O)NCC3CCOCC3)CC2)c1C. The molecule has 0 atom stereocenters. The van der Waals surface area contributed by atoms with Gasteiger partial charge in [0.15, 0.2) is 0 Å². The highest BCUT2D eigenvalue weighted by molar-refractivity contribution is 5.74. The number of rotatable bonds is 3. The first kappa shape index (κ1) is 17.1. The van der Waals surface area contributed by atoms with E-state index in [-0.39, 0.29) is 6.03 Å². The molecule has 5 nitrogen and oxygen atoms in total. The molecular formula is C19H29N3O2. The van der Waals surface area contributed by atoms with Crippen LogP contribution in [0.2, 0.25) is 0 Å². The lowest BCUT2D eigenvalue weighted by atomic mass is 10.0. The number of hydrogen-bond donors (Lipinski definition) is 1. The van der Waals surface area contributed by atoms with E-state index in [4.69, 9.17) is 4.74 Å². The maximum atomic E-state index is 12.4. The predicted octanol–water partition coefficient (Wildman–Crippen LogP) is 2.56. The molecule has 0 aliphatic carbocycles. The molecule has 1 N–H and O–H groups in total. The molecule has 1 aromatic rings. The van der Waals surface area contributed by atoms with Crippen molar-refractivity contribution in [2.75, 3.05) is 50.8 Å². The quantitative estimate of drug-likeness (QED) is 0.926. The largest absolute Gasteiger partial charge is 0.381 e. The average molecular weight is 331 g/mol. The second kappa shape index (κ2) is 7.88. The number of anilines is 1. The van der Waals surface area contributed by atoms with Crippen LogP contribution in [0.1, 0.15) is 24.0 Å². The average Bonchev–Trinajstić information content (AvgIpc) is 2.63. The Balaban J connectivity index is 1.47. The molecule has 0 unspecified atom stereocenters. The summed E-state index contributed by atoms with van der Waals surface area (Å²) in [5.41, 5.74) is 3.97. The van der Waals surface area contributed by atoms with Crippen LogP contribution in [0.15, 0.2) is 18.2 Å². The monoisotopic (exact) mass is 331 g/mol. The number of urea groups is 1. The third-order valence-electron chi connectivity index (χ3n) is 5.37. The van der Waals surface area contributed by atoms with Crippen LogP contribution < -0.4 is 10.2 Å². The van der Waals surface area contributed by atoms with Gasteiger partial charge in [0, 0.05) is 51.6 Å². The summed E-state index contributed by atoms with van der Waals surface area (Å²) in [6, 6.07) is 6.54. The van der Waals surface area contributed by atoms with Crippen LogP contribution in [0.4, 0.5) is 10.5 Å². The molecule has 24 heavy (non-hydrogen) atoms. The van der Waals surface area contributed by atoms with E-state index in [1.807, 2.05) is 4.90 Å². The van der Waals surface area contributed by atoms with Crippen molar-refractivity contribution in [3.8, 4) is 0 Å². The highest BCUT2D eigenvalue weighted by Gasteiger charge is 2.23. The Morgan fingerprint density at radius 3 is 2.58 bits per heavy atom. The molecule has 0 radical (unpaired) electrons. The van der Waals surface area contributed by atoms with Crippen molar-refractivity contribution in [1.29, 1.82) is 0 Å². The van der Waals surface area contributed by atoms with E-state index in [1.54, 1.807) is 0 Å². The number of carbonyl (C=O) groups is 1. The van der Waals surface area contributed by atoms with Gasteiger partial charge in [-0.3, -0.25) is 0 Å². The van der Waals surface area contributed by atoms with Crippen LogP contribution in [-0.2, 0) is 4.74 Å². The van der Waals surface area contributed by atoms with Gasteiger partial charge in [-0.1, -0.05) is 12.1 Å². The molecule has 0 aromatic heterocycles. The summed E-state index contributed by atoms with van der Waals surface area (Å²) < 4.78 is 5.37. The number of aryl methyl sites for hydroxylation is 1. The zero-order valence-corrected chi connectivity index (χ0v) is 14.9. The summed E-state index contributed by atoms with van der Waals surface area (Å²) in [6.07, 6.45) is 2.11. The molecular weight excluding hydrogens is 302 g/mol. The number of amides is 2. The minimum Gasteiger partial charge on any atom is -0.381 e. The molecule has 2 fully saturated rings. The van der Waals surface area contributed by atoms with Crippen molar-refractivity contribution in [2.45, 2.75) is 26.7 Å². The summed E-state index contributed by atoms with van der Waals surface area (Å²) in [7, 11) is 0. The number of hydrogen-bond acceptors (Lipinski definition) is 3. The van der Waals surface area contributed by atoms with E-state index in [9.17, 15) is 4.79 Å². The van der Waals surface area contributed by atoms with E-state index in [0.29, 0.717) is 5.92 Å². The van der Waals surface area contributed by atoms with Crippen molar-refractivity contribution in [3.05, 3.63) is 29.3 Å². The lowest BCUT2D eigenvalue weighted by molar-refractivity contribution is 0.0663. The summed E-state index contributed by atoms with van der Waals surface area (Å²) in [5, 5.41) is 3.11. The van der Waals surface area contributed by atoms with Gasteiger partial charge in [0.05, 0.1) is 0 Å². The number of nitrogens with zero attached hydrogens (tertiary/aromatic N) is 2. The molecule has 132 valence electrons. The first-order valence-electron chi connectivity index (χ1n) is 9.07. The first-order valence-corrected chi connectivity index (χ1v) is 9.07. The van der Waals surface area contributed by atoms with Crippen LogP contribution >= 0.6 is 0 Å². The Kier molecular flexibility index (Phi) is 5.61. The summed E-state index contributed by atoms with van der Waals surface area (Å²) in [5.74, 6) is 0.568. The molecule has 2 saturated heterocycles. The fourth-order valence-electron chi connectivity index (χ4n) is 3.52. The van der Waals surface area contributed by atoms with Gasteiger partial charge in [-0.25, -0.2) is 4.79 Å². The first-order chi connectivity index (χ1) is 11.6. The Morgan fingerprint density at radius 2 is 1.88 bits per heavy atom. The number of nitrogens with one attached hydrogen (secondary N) is 1. The fourth-order valence-corrected chi connectivity index (χ4v) is 3.52. The second-order valence-corrected chi connectivity index (χ2v) is 6.93. The van der Waals surface area contributed by atoms with E-state index in [2.05, 4.69) is 42.3 Å². The van der Waals surface area contributed by atoms with Gasteiger partial charge in [-0.05, 0) is 49.8 Å². The van der Waals surface area contributed by atoms with Gasteiger partial charge < -0.3 is 19.9 Å². The molecule has 0 bridgehead atoms. The van der Waals surface area contributed by atoms with Crippen LogP contribution in [0, 0.1) is 19.8 Å². The standard InChI is InChI=1S/C19H29N3O2/c1-15-4-3-5-18(16(15)2)21-8-10-22(11-9-21)19(23)20-14-17-6-12-24-13-7-17/h3-5,17H,6-14H2,1-2H3,(H,20,23). The molecule has 1 aromatic carbocycles.